The molecule has 0 atom stereocenters. The number of nitrogens with one attached hydrogen (secondary N) is 2. The van der Waals surface area contributed by atoms with Gasteiger partial charge < -0.3 is 53.4 Å². The highest BCUT2D eigenvalue weighted by atomic mass is 16.6. The van der Waals surface area contributed by atoms with Gasteiger partial charge in [-0.25, -0.2) is 24.0 Å². The summed E-state index contributed by atoms with van der Waals surface area (Å²) in [6, 6.07) is 0. The van der Waals surface area contributed by atoms with Crippen LogP contribution in [0.1, 0.15) is 128 Å². The van der Waals surface area contributed by atoms with Crippen LogP contribution in [-0.2, 0) is 52.3 Å². The number of carbonyl (C=O) groups is 5. The number of rotatable bonds is 27. The normalized spacial score (nSPS) is 10.3. The van der Waals surface area contributed by atoms with Crippen molar-refractivity contribution in [3.63, 3.8) is 0 Å². The molecular weight excluding hydrogens is 752 g/mol. The highest BCUT2D eigenvalue weighted by Gasteiger charge is 2.19. The molecule has 0 unspecified atom stereocenters. The molecule has 0 aromatic heterocycles. The van der Waals surface area contributed by atoms with Crippen molar-refractivity contribution < 1.29 is 61.9 Å². The van der Waals surface area contributed by atoms with Gasteiger partial charge in [0.15, 0.2) is 0 Å². The Hall–Kier alpha value is -3.08. The third-order valence-corrected chi connectivity index (χ3v) is 6.41. The second kappa shape index (κ2) is 45.0. The van der Waals surface area contributed by atoms with E-state index in [1.165, 1.54) is 0 Å². The van der Waals surface area contributed by atoms with Gasteiger partial charge in [-0.1, -0.05) is 7.43 Å². The number of carbonyl (C=O) groups excluding carboxylic acids is 5. The Kier molecular flexibility index (Phi) is 49.7. The van der Waals surface area contributed by atoms with Crippen molar-refractivity contribution in [2.45, 2.75) is 139 Å². The number of nitrogens with zero attached hydrogens (tertiary/aromatic N) is 1. The smallest absolute Gasteiger partial charge is 0.410 e. The van der Waals surface area contributed by atoms with Gasteiger partial charge in [-0.05, 0) is 134 Å². The van der Waals surface area contributed by atoms with Gasteiger partial charge in [0, 0.05) is 55.4 Å². The van der Waals surface area contributed by atoms with E-state index in [4.69, 9.17) is 37.9 Å². The molecule has 58 heavy (non-hydrogen) atoms. The number of amides is 2. The largest absolute Gasteiger partial charge is 0.464 e. The first-order chi connectivity index (χ1) is 26.9. The average molecular weight is 834 g/mol. The molecule has 0 aliphatic heterocycles. The van der Waals surface area contributed by atoms with E-state index in [1.54, 1.807) is 32.7 Å². The summed E-state index contributed by atoms with van der Waals surface area (Å²) in [4.78, 5) is 57.4. The molecule has 0 fully saturated rings. The molecule has 2 amide bonds. The standard InChI is InChI=1S/C15H29NO5.C14H27NO5.C10H21NO3.CH4.B2/c1-6-20-13(17)12-19-11-9-7-8-10-16(5)14(18)21-15(2,3)4;1-5-19-12(16)11-18-10-8-6-7-9-15-13(17)20-14(2,3)4;1-3-14-10(12)9-13-8-6-4-5-7-11-2;;1-2/h6-12H2,1-5H3;5-11H2,1-4H3,(H,15,17);11H,3-9H2,1-2H3;1H4;. The van der Waals surface area contributed by atoms with Crippen LogP contribution in [0.5, 0.6) is 0 Å². The Morgan fingerprint density at radius 1 is 0.552 bits per heavy atom. The molecule has 340 valence electrons. The average Bonchev–Trinajstić information content (AvgIpc) is 3.12. The lowest BCUT2D eigenvalue weighted by atomic mass is 9.81. The molecule has 0 aromatic rings. The molecule has 0 aromatic carbocycles. The van der Waals surface area contributed by atoms with Crippen LogP contribution in [0.3, 0.4) is 0 Å². The lowest BCUT2D eigenvalue weighted by Crippen LogP contribution is -2.34. The summed E-state index contributed by atoms with van der Waals surface area (Å²) >= 11 is 0. The maximum Gasteiger partial charge on any atom is 0.410 e. The van der Waals surface area contributed by atoms with Gasteiger partial charge in [-0.15, -0.1) is 0 Å². The number of unbranched alkanes of at least 4 members (excludes halogenated alkanes) is 6. The van der Waals surface area contributed by atoms with Crippen LogP contribution in [0.4, 0.5) is 9.59 Å². The Balaban J connectivity index is -0.000000239. The zero-order valence-corrected chi connectivity index (χ0v) is 37.3. The molecule has 0 aliphatic carbocycles. The maximum absolute atomic E-state index is 11.7. The van der Waals surface area contributed by atoms with Crippen LogP contribution >= 0.6 is 0 Å². The van der Waals surface area contributed by atoms with E-state index in [9.17, 15) is 24.0 Å². The Morgan fingerprint density at radius 2 is 0.914 bits per heavy atom. The Bertz CT molecular complexity index is 983. The van der Waals surface area contributed by atoms with E-state index in [2.05, 4.69) is 26.1 Å². The van der Waals surface area contributed by atoms with E-state index in [1.807, 2.05) is 48.6 Å². The van der Waals surface area contributed by atoms with Gasteiger partial charge in [-0.2, -0.15) is 0 Å². The van der Waals surface area contributed by atoms with Crippen LogP contribution < -0.4 is 10.6 Å². The second-order valence-electron chi connectivity index (χ2n) is 14.2. The zero-order valence-electron chi connectivity index (χ0n) is 37.3. The lowest BCUT2D eigenvalue weighted by Gasteiger charge is -2.24. The minimum atomic E-state index is -0.467. The van der Waals surface area contributed by atoms with Gasteiger partial charge in [0.25, 0.3) is 0 Å². The SMILES string of the molecule is C.CCOC(=O)COCCCCCN(C)C(=O)OC(C)(C)C.CCOC(=O)COCCCCCNC.CCOC(=O)COCCCCCNC(=O)OC(C)(C)C.[B][B]. The van der Waals surface area contributed by atoms with Gasteiger partial charge in [0.2, 0.25) is 0 Å². The quantitative estimate of drug-likeness (QED) is 0.0445. The molecule has 0 aliphatic rings. The molecule has 0 saturated heterocycles. The van der Waals surface area contributed by atoms with Crippen molar-refractivity contribution in [2.75, 3.05) is 93.2 Å². The number of hydrogen-bond acceptors (Lipinski definition) is 14. The molecule has 16 nitrogen and oxygen atoms in total. The minimum Gasteiger partial charge on any atom is -0.464 e. The summed E-state index contributed by atoms with van der Waals surface area (Å²) in [5, 5.41) is 5.77. The third-order valence-electron chi connectivity index (χ3n) is 6.41. The fourth-order valence-electron chi connectivity index (χ4n) is 3.93. The molecule has 2 N–H and O–H groups in total. The highest BCUT2D eigenvalue weighted by Crippen LogP contribution is 2.10. The van der Waals surface area contributed by atoms with Gasteiger partial charge in [-0.3, -0.25) is 0 Å². The molecule has 18 heteroatoms. The first kappa shape index (κ1) is 64.1. The molecule has 0 heterocycles. The predicted molar refractivity (Wildman–Crippen MR) is 229 cm³/mol. The first-order valence-corrected chi connectivity index (χ1v) is 20.0. The lowest BCUT2D eigenvalue weighted by molar-refractivity contribution is -0.149. The Morgan fingerprint density at radius 3 is 1.26 bits per heavy atom. The van der Waals surface area contributed by atoms with Crippen LogP contribution in [0.2, 0.25) is 0 Å². The summed E-state index contributed by atoms with van der Waals surface area (Å²) < 4.78 is 40.0. The first-order valence-electron chi connectivity index (χ1n) is 20.0. The van der Waals surface area contributed by atoms with Crippen molar-refractivity contribution in [2.24, 2.45) is 0 Å². The second-order valence-corrected chi connectivity index (χ2v) is 14.2. The summed E-state index contributed by atoms with van der Waals surface area (Å²) in [7, 11) is 11.7. The summed E-state index contributed by atoms with van der Waals surface area (Å²) in [6.07, 6.45) is 7.84. The van der Waals surface area contributed by atoms with E-state index in [0.717, 1.165) is 64.3 Å². The van der Waals surface area contributed by atoms with Crippen LogP contribution in [0, 0.1) is 0 Å². The topological polar surface area (TPSA) is 186 Å². The number of esters is 3. The Labute approximate surface area is 354 Å². The summed E-state index contributed by atoms with van der Waals surface area (Å²) in [5.74, 6) is -0.941. The van der Waals surface area contributed by atoms with Crippen LogP contribution in [0.25, 0.3) is 0 Å². The van der Waals surface area contributed by atoms with Crippen LogP contribution in [-0.4, -0.2) is 155 Å². The van der Waals surface area contributed by atoms with Crippen molar-refractivity contribution in [1.82, 2.24) is 15.5 Å². The molecule has 0 bridgehead atoms. The van der Waals surface area contributed by atoms with Gasteiger partial charge in [0.05, 0.1) is 19.8 Å². The van der Waals surface area contributed by atoms with E-state index in [-0.39, 0.29) is 51.2 Å². The minimum absolute atomic E-state index is 0. The number of ether oxygens (including phenoxy) is 8. The van der Waals surface area contributed by atoms with Crippen molar-refractivity contribution in [1.29, 1.82) is 0 Å². The fraction of sp³-hybridized carbons (Fsp3) is 0.875. The van der Waals surface area contributed by atoms with E-state index in [0.29, 0.717) is 52.7 Å². The third kappa shape index (κ3) is 57.2. The summed E-state index contributed by atoms with van der Waals surface area (Å²) in [5.41, 5.74) is -0.933. The highest BCUT2D eigenvalue weighted by molar-refractivity contribution is 6.75. The summed E-state index contributed by atoms with van der Waals surface area (Å²) in [6.45, 7) is 21.5. The van der Waals surface area contributed by atoms with Crippen molar-refractivity contribution >= 4 is 45.6 Å². The van der Waals surface area contributed by atoms with Gasteiger partial charge >= 0.3 is 30.1 Å². The molecule has 4 radical (unpaired) electrons. The molecule has 0 spiro atoms. The number of alkyl carbamates (subject to hydrolysis) is 1. The number of hydrogen-bond donors (Lipinski definition) is 2. The maximum atomic E-state index is 11.7. The van der Waals surface area contributed by atoms with Crippen LogP contribution in [0.15, 0.2) is 0 Å². The molecule has 0 rings (SSSR count). The monoisotopic (exact) mass is 834 g/mol. The van der Waals surface area contributed by atoms with E-state index >= 15 is 0 Å². The molecular formula is C40H81B2N3O13. The van der Waals surface area contributed by atoms with Crippen molar-refractivity contribution in [3.05, 3.63) is 0 Å². The molecule has 0 saturated carbocycles. The van der Waals surface area contributed by atoms with Crippen molar-refractivity contribution in [3.8, 4) is 0 Å². The van der Waals surface area contributed by atoms with E-state index < -0.39 is 17.3 Å². The zero-order chi connectivity index (χ0) is 44.4. The fourth-order valence-corrected chi connectivity index (χ4v) is 3.93. The predicted octanol–water partition coefficient (Wildman–Crippen LogP) is 5.69. The van der Waals surface area contributed by atoms with Gasteiger partial charge in [0.1, 0.15) is 31.0 Å².